The van der Waals surface area contributed by atoms with Gasteiger partial charge in [0.05, 0.1) is 11.0 Å². The zero-order valence-corrected chi connectivity index (χ0v) is 16.3. The van der Waals surface area contributed by atoms with Crippen molar-refractivity contribution in [2.45, 2.75) is 25.7 Å². The first kappa shape index (κ1) is 17.0. The lowest BCUT2D eigenvalue weighted by Gasteiger charge is -2.31. The molecule has 0 atom stereocenters. The van der Waals surface area contributed by atoms with Gasteiger partial charge in [-0.15, -0.1) is 0 Å². The van der Waals surface area contributed by atoms with Crippen LogP contribution < -0.4 is 0 Å². The third kappa shape index (κ3) is 2.78. The van der Waals surface area contributed by atoms with E-state index in [-0.39, 0.29) is 5.91 Å². The minimum Gasteiger partial charge on any atom is -0.351 e. The largest absolute Gasteiger partial charge is 0.351 e. The van der Waals surface area contributed by atoms with Crippen molar-refractivity contribution in [2.24, 2.45) is 7.05 Å². The van der Waals surface area contributed by atoms with Gasteiger partial charge in [-0.25, -0.2) is 4.98 Å². The highest BCUT2D eigenvalue weighted by molar-refractivity contribution is 5.98. The predicted molar refractivity (Wildman–Crippen MR) is 112 cm³/mol. The Bertz CT molecular complexity index is 1180. The maximum Gasteiger partial charge on any atom is 0.253 e. The van der Waals surface area contributed by atoms with E-state index in [1.807, 2.05) is 36.3 Å². The van der Waals surface area contributed by atoms with Gasteiger partial charge in [-0.05, 0) is 55.0 Å². The number of likely N-dealkylation sites (tertiary alicyclic amines) is 1. The summed E-state index contributed by atoms with van der Waals surface area (Å²) in [4.78, 5) is 23.3. The number of piperidine rings is 1. The lowest BCUT2D eigenvalue weighted by Crippen LogP contribution is -2.38. The molecule has 3 heterocycles. The highest BCUT2D eigenvalue weighted by Crippen LogP contribution is 2.29. The number of para-hydroxylation sites is 1. The first-order chi connectivity index (χ1) is 13.6. The van der Waals surface area contributed by atoms with Crippen LogP contribution in [-0.2, 0) is 7.05 Å². The van der Waals surface area contributed by atoms with E-state index in [2.05, 4.69) is 40.7 Å². The molecule has 1 N–H and O–H groups in total. The number of nitrogens with one attached hydrogen (secondary N) is 1. The lowest BCUT2D eigenvalue weighted by molar-refractivity contribution is 0.0711. The zero-order valence-electron chi connectivity index (χ0n) is 16.3. The number of imidazole rings is 1. The minimum atomic E-state index is 0.127. The Kier molecular flexibility index (Phi) is 3.97. The monoisotopic (exact) mass is 372 g/mol. The van der Waals surface area contributed by atoms with Gasteiger partial charge in [0.25, 0.3) is 5.91 Å². The van der Waals surface area contributed by atoms with E-state index < -0.39 is 0 Å². The van der Waals surface area contributed by atoms with Crippen LogP contribution in [0.4, 0.5) is 0 Å². The van der Waals surface area contributed by atoms with Crippen molar-refractivity contribution in [2.75, 3.05) is 13.1 Å². The Morgan fingerprint density at radius 1 is 1.14 bits per heavy atom. The second-order valence-electron chi connectivity index (χ2n) is 7.86. The van der Waals surface area contributed by atoms with Crippen molar-refractivity contribution in [1.82, 2.24) is 19.4 Å². The number of rotatable bonds is 2. The predicted octanol–water partition coefficient (Wildman–Crippen LogP) is 4.38. The van der Waals surface area contributed by atoms with Crippen molar-refractivity contribution >= 4 is 27.8 Å². The van der Waals surface area contributed by atoms with E-state index in [0.717, 1.165) is 59.3 Å². The molecule has 0 bridgehead atoms. The summed E-state index contributed by atoms with van der Waals surface area (Å²) < 4.78 is 2.06. The number of benzene rings is 2. The number of fused-ring (bicyclic) bond motifs is 2. The summed E-state index contributed by atoms with van der Waals surface area (Å²) in [5, 5.41) is 1.16. The summed E-state index contributed by atoms with van der Waals surface area (Å²) in [6.45, 7) is 3.63. The van der Waals surface area contributed by atoms with Gasteiger partial charge in [-0.3, -0.25) is 4.79 Å². The highest BCUT2D eigenvalue weighted by atomic mass is 16.2. The quantitative estimate of drug-likeness (QED) is 0.568. The van der Waals surface area contributed by atoms with Crippen LogP contribution in [0.3, 0.4) is 0 Å². The molecular weight excluding hydrogens is 348 g/mol. The summed E-state index contributed by atoms with van der Waals surface area (Å²) in [6, 6.07) is 14.3. The number of hydrogen-bond acceptors (Lipinski definition) is 2. The molecule has 2 aromatic carbocycles. The summed E-state index contributed by atoms with van der Waals surface area (Å²) in [5.74, 6) is 1.56. The summed E-state index contributed by atoms with van der Waals surface area (Å²) in [5.41, 5.74) is 5.23. The van der Waals surface area contributed by atoms with E-state index in [1.54, 1.807) is 0 Å². The number of hydrogen-bond donors (Lipinski definition) is 1. The van der Waals surface area contributed by atoms with E-state index in [9.17, 15) is 4.79 Å². The smallest absolute Gasteiger partial charge is 0.253 e. The number of amides is 1. The van der Waals surface area contributed by atoms with Crippen molar-refractivity contribution in [3.63, 3.8) is 0 Å². The molecule has 0 saturated carbocycles. The van der Waals surface area contributed by atoms with Crippen LogP contribution in [0.25, 0.3) is 21.9 Å². The van der Waals surface area contributed by atoms with Crippen LogP contribution in [0.2, 0.25) is 0 Å². The van der Waals surface area contributed by atoms with Crippen molar-refractivity contribution in [3.8, 4) is 0 Å². The first-order valence-electron chi connectivity index (χ1n) is 9.90. The van der Waals surface area contributed by atoms with Gasteiger partial charge in [-0.1, -0.05) is 18.2 Å². The second-order valence-corrected chi connectivity index (χ2v) is 7.86. The number of nitrogens with zero attached hydrogens (tertiary/aromatic N) is 3. The molecule has 5 nitrogen and oxygen atoms in total. The lowest BCUT2D eigenvalue weighted by atomic mass is 9.95. The fourth-order valence-electron chi connectivity index (χ4n) is 4.32. The van der Waals surface area contributed by atoms with Crippen LogP contribution in [0, 0.1) is 6.92 Å². The molecule has 5 heteroatoms. The Hall–Kier alpha value is -3.08. The van der Waals surface area contributed by atoms with Crippen LogP contribution in [0.15, 0.2) is 48.7 Å². The topological polar surface area (TPSA) is 53.9 Å². The molecule has 0 aliphatic carbocycles. The average Bonchev–Trinajstić information content (AvgIpc) is 3.32. The fourth-order valence-corrected chi connectivity index (χ4v) is 4.32. The number of aryl methyl sites for hydroxylation is 2. The number of carbonyl (C=O) groups is 1. The molecule has 1 aliphatic rings. The number of aromatic nitrogens is 3. The Morgan fingerprint density at radius 2 is 1.96 bits per heavy atom. The molecule has 1 saturated heterocycles. The van der Waals surface area contributed by atoms with Crippen LogP contribution in [-0.4, -0.2) is 38.4 Å². The molecule has 0 unspecified atom stereocenters. The summed E-state index contributed by atoms with van der Waals surface area (Å²) in [7, 11) is 2.01. The molecule has 1 amide bonds. The SMILES string of the molecule is Cc1cccc2[nH]c(C3CCN(C(=O)c4ccc5ccn(C)c5c4)CC3)nc12. The van der Waals surface area contributed by atoms with Gasteiger partial charge < -0.3 is 14.5 Å². The van der Waals surface area contributed by atoms with Crippen molar-refractivity contribution in [3.05, 3.63) is 65.6 Å². The highest BCUT2D eigenvalue weighted by Gasteiger charge is 2.26. The maximum atomic E-state index is 13.0. The van der Waals surface area contributed by atoms with Gasteiger partial charge in [0, 0.05) is 43.3 Å². The molecular formula is C23H24N4O. The van der Waals surface area contributed by atoms with Crippen LogP contribution >= 0.6 is 0 Å². The standard InChI is InChI=1S/C23H24N4O/c1-15-4-3-5-19-21(15)25-22(24-19)17-9-12-27(13-10-17)23(28)18-7-6-16-8-11-26(2)20(16)14-18/h3-8,11,14,17H,9-10,12-13H2,1-2H3,(H,24,25). The normalized spacial score (nSPS) is 15.6. The van der Waals surface area contributed by atoms with Crippen LogP contribution in [0.5, 0.6) is 0 Å². The summed E-state index contributed by atoms with van der Waals surface area (Å²) in [6.07, 6.45) is 3.91. The van der Waals surface area contributed by atoms with Gasteiger partial charge in [0.1, 0.15) is 5.82 Å². The Labute approximate surface area is 164 Å². The van der Waals surface area contributed by atoms with E-state index in [0.29, 0.717) is 5.92 Å². The first-order valence-corrected chi connectivity index (χ1v) is 9.90. The van der Waals surface area contributed by atoms with Gasteiger partial charge in [-0.2, -0.15) is 0 Å². The fraction of sp³-hybridized carbons (Fsp3) is 0.304. The van der Waals surface area contributed by atoms with Gasteiger partial charge >= 0.3 is 0 Å². The Balaban J connectivity index is 1.32. The number of carbonyl (C=O) groups excluding carboxylic acids is 1. The molecule has 1 fully saturated rings. The molecule has 4 aromatic rings. The van der Waals surface area contributed by atoms with Gasteiger partial charge in [0.2, 0.25) is 0 Å². The number of H-pyrrole nitrogens is 1. The summed E-state index contributed by atoms with van der Waals surface area (Å²) >= 11 is 0. The van der Waals surface area contributed by atoms with E-state index >= 15 is 0 Å². The van der Waals surface area contributed by atoms with E-state index in [1.165, 1.54) is 5.56 Å². The third-order valence-electron chi connectivity index (χ3n) is 6.04. The molecule has 2 aromatic heterocycles. The minimum absolute atomic E-state index is 0.127. The van der Waals surface area contributed by atoms with Gasteiger partial charge in [0.15, 0.2) is 0 Å². The Morgan fingerprint density at radius 3 is 2.75 bits per heavy atom. The molecule has 0 radical (unpaired) electrons. The molecule has 1 aliphatic heterocycles. The molecule has 142 valence electrons. The number of aromatic amines is 1. The molecule has 28 heavy (non-hydrogen) atoms. The maximum absolute atomic E-state index is 13.0. The van der Waals surface area contributed by atoms with Crippen molar-refractivity contribution < 1.29 is 4.79 Å². The zero-order chi connectivity index (χ0) is 19.3. The molecule has 5 rings (SSSR count). The third-order valence-corrected chi connectivity index (χ3v) is 6.04. The van der Waals surface area contributed by atoms with Crippen LogP contribution in [0.1, 0.15) is 40.5 Å². The second kappa shape index (κ2) is 6.51. The average molecular weight is 372 g/mol. The van der Waals surface area contributed by atoms with E-state index in [4.69, 9.17) is 4.98 Å². The molecule has 0 spiro atoms. The van der Waals surface area contributed by atoms with Crippen molar-refractivity contribution in [1.29, 1.82) is 0 Å².